The first-order chi connectivity index (χ1) is 9.88. The second-order valence-electron chi connectivity index (χ2n) is 4.41. The number of benzene rings is 2. The van der Waals surface area contributed by atoms with Crippen molar-refractivity contribution in [1.82, 2.24) is 0 Å². The Morgan fingerprint density at radius 1 is 1.10 bits per heavy atom. The number of amides is 1. The van der Waals surface area contributed by atoms with Gasteiger partial charge in [-0.2, -0.15) is 0 Å². The van der Waals surface area contributed by atoms with E-state index in [1.807, 2.05) is 6.07 Å². The summed E-state index contributed by atoms with van der Waals surface area (Å²) in [5.74, 6) is -1.34. The van der Waals surface area contributed by atoms with E-state index in [4.69, 9.17) is 5.11 Å². The molecule has 0 bridgehead atoms. The van der Waals surface area contributed by atoms with Crippen molar-refractivity contribution >= 4 is 49.4 Å². The minimum atomic E-state index is -1.03. The number of carboxylic acids is 1. The lowest BCUT2D eigenvalue weighted by atomic mass is 10.1. The van der Waals surface area contributed by atoms with Gasteiger partial charge in [-0.25, -0.2) is 4.79 Å². The monoisotopic (exact) mass is 411 g/mol. The number of anilines is 1. The summed E-state index contributed by atoms with van der Waals surface area (Å²) in [4.78, 5) is 23.3. The van der Waals surface area contributed by atoms with Gasteiger partial charge in [0.05, 0.1) is 11.1 Å². The van der Waals surface area contributed by atoms with E-state index in [2.05, 4.69) is 37.2 Å². The minimum absolute atomic E-state index is 0.129. The van der Waals surface area contributed by atoms with E-state index in [0.29, 0.717) is 15.7 Å². The van der Waals surface area contributed by atoms with Crippen LogP contribution in [0.4, 0.5) is 5.69 Å². The highest BCUT2D eigenvalue weighted by molar-refractivity contribution is 9.11. The van der Waals surface area contributed by atoms with Gasteiger partial charge in [0.2, 0.25) is 0 Å². The molecule has 0 unspecified atom stereocenters. The van der Waals surface area contributed by atoms with Crippen molar-refractivity contribution in [2.75, 3.05) is 5.32 Å². The topological polar surface area (TPSA) is 66.4 Å². The molecule has 0 aromatic heterocycles. The quantitative estimate of drug-likeness (QED) is 0.781. The first-order valence-electron chi connectivity index (χ1n) is 5.99. The van der Waals surface area contributed by atoms with Gasteiger partial charge < -0.3 is 10.4 Å². The summed E-state index contributed by atoms with van der Waals surface area (Å²) in [7, 11) is 0. The molecule has 0 saturated heterocycles. The molecule has 0 saturated carbocycles. The normalized spacial score (nSPS) is 10.2. The first kappa shape index (κ1) is 15.7. The summed E-state index contributed by atoms with van der Waals surface area (Å²) in [5.41, 5.74) is 1.86. The van der Waals surface area contributed by atoms with Gasteiger partial charge in [0.1, 0.15) is 0 Å². The lowest BCUT2D eigenvalue weighted by molar-refractivity contribution is 0.0696. The van der Waals surface area contributed by atoms with Crippen LogP contribution >= 0.6 is 31.9 Å². The van der Waals surface area contributed by atoms with Gasteiger partial charge in [0, 0.05) is 14.6 Å². The number of aryl methyl sites for hydroxylation is 1. The van der Waals surface area contributed by atoms with Gasteiger partial charge in [-0.15, -0.1) is 0 Å². The third kappa shape index (κ3) is 3.71. The predicted molar refractivity (Wildman–Crippen MR) is 87.9 cm³/mol. The smallest absolute Gasteiger partial charge is 0.335 e. The van der Waals surface area contributed by atoms with Crippen LogP contribution in [0.15, 0.2) is 45.3 Å². The highest BCUT2D eigenvalue weighted by Crippen LogP contribution is 2.24. The van der Waals surface area contributed by atoms with Crippen LogP contribution in [-0.2, 0) is 0 Å². The molecule has 0 atom stereocenters. The van der Waals surface area contributed by atoms with Crippen molar-refractivity contribution in [2.24, 2.45) is 0 Å². The van der Waals surface area contributed by atoms with Gasteiger partial charge in [-0.1, -0.05) is 22.0 Å². The van der Waals surface area contributed by atoms with E-state index in [1.165, 1.54) is 12.1 Å². The highest BCUT2D eigenvalue weighted by atomic mass is 79.9. The van der Waals surface area contributed by atoms with E-state index in [9.17, 15) is 9.59 Å². The number of rotatable bonds is 3. The fourth-order valence-corrected chi connectivity index (χ4v) is 2.54. The molecule has 108 valence electrons. The Morgan fingerprint density at radius 3 is 2.48 bits per heavy atom. The molecule has 2 aromatic rings. The summed E-state index contributed by atoms with van der Waals surface area (Å²) in [6.45, 7) is 1.80. The predicted octanol–water partition coefficient (Wildman–Crippen LogP) is 4.47. The summed E-state index contributed by atoms with van der Waals surface area (Å²) < 4.78 is 1.45. The second kappa shape index (κ2) is 6.41. The Labute approximate surface area is 138 Å². The van der Waals surface area contributed by atoms with Crippen molar-refractivity contribution in [2.45, 2.75) is 6.92 Å². The number of hydrogen-bond acceptors (Lipinski definition) is 2. The molecule has 0 heterocycles. The van der Waals surface area contributed by atoms with Gasteiger partial charge in [-0.05, 0) is 58.7 Å². The summed E-state index contributed by atoms with van der Waals surface area (Å²) >= 11 is 6.64. The van der Waals surface area contributed by atoms with Crippen LogP contribution in [0, 0.1) is 6.92 Å². The number of nitrogens with one attached hydrogen (secondary N) is 1. The average molecular weight is 413 g/mol. The largest absolute Gasteiger partial charge is 0.478 e. The van der Waals surface area contributed by atoms with Crippen LogP contribution in [0.3, 0.4) is 0 Å². The molecule has 0 aliphatic heterocycles. The maximum atomic E-state index is 12.3. The third-order valence-electron chi connectivity index (χ3n) is 2.91. The molecule has 1 amide bonds. The van der Waals surface area contributed by atoms with Crippen LogP contribution in [0.25, 0.3) is 0 Å². The molecule has 6 heteroatoms. The molecule has 2 aromatic carbocycles. The van der Waals surface area contributed by atoms with Crippen LogP contribution < -0.4 is 5.32 Å². The third-order valence-corrected chi connectivity index (χ3v) is 4.09. The van der Waals surface area contributed by atoms with Gasteiger partial charge in [0.15, 0.2) is 0 Å². The van der Waals surface area contributed by atoms with Crippen LogP contribution in [-0.4, -0.2) is 17.0 Å². The van der Waals surface area contributed by atoms with Crippen LogP contribution in [0.2, 0.25) is 0 Å². The Morgan fingerprint density at radius 2 is 1.81 bits per heavy atom. The number of carbonyl (C=O) groups is 2. The molecule has 4 nitrogen and oxygen atoms in total. The molecule has 2 N–H and O–H groups in total. The Bertz CT molecular complexity index is 729. The SMILES string of the molecule is Cc1ccc(C(=O)O)cc1NC(=O)c1cc(Br)ccc1Br. The number of halogens is 2. The summed E-state index contributed by atoms with van der Waals surface area (Å²) in [6, 6.07) is 9.88. The summed E-state index contributed by atoms with van der Waals surface area (Å²) in [5, 5.41) is 11.7. The Kier molecular flexibility index (Phi) is 4.80. The molecule has 0 aliphatic carbocycles. The zero-order chi connectivity index (χ0) is 15.6. The molecule has 2 rings (SSSR count). The molecular weight excluding hydrogens is 402 g/mol. The van der Waals surface area contributed by atoms with Gasteiger partial charge in [0.25, 0.3) is 5.91 Å². The second-order valence-corrected chi connectivity index (χ2v) is 6.18. The minimum Gasteiger partial charge on any atom is -0.478 e. The fourth-order valence-electron chi connectivity index (χ4n) is 1.75. The number of carboxylic acid groups (broad SMARTS) is 1. The van der Waals surface area contributed by atoms with Gasteiger partial charge in [-0.3, -0.25) is 4.79 Å². The molecule has 0 spiro atoms. The summed E-state index contributed by atoms with van der Waals surface area (Å²) in [6.07, 6.45) is 0. The van der Waals surface area contributed by atoms with E-state index in [-0.39, 0.29) is 11.5 Å². The van der Waals surface area contributed by atoms with E-state index >= 15 is 0 Å². The zero-order valence-electron chi connectivity index (χ0n) is 11.0. The molecule has 21 heavy (non-hydrogen) atoms. The van der Waals surface area contributed by atoms with Crippen molar-refractivity contribution in [3.8, 4) is 0 Å². The number of carbonyl (C=O) groups excluding carboxylic acids is 1. The molecule has 0 aliphatic rings. The first-order valence-corrected chi connectivity index (χ1v) is 7.57. The van der Waals surface area contributed by atoms with E-state index in [1.54, 1.807) is 25.1 Å². The Balaban J connectivity index is 2.33. The number of aromatic carboxylic acids is 1. The zero-order valence-corrected chi connectivity index (χ0v) is 14.2. The van der Waals surface area contributed by atoms with Crippen molar-refractivity contribution < 1.29 is 14.7 Å². The van der Waals surface area contributed by atoms with Crippen LogP contribution in [0.1, 0.15) is 26.3 Å². The van der Waals surface area contributed by atoms with Gasteiger partial charge >= 0.3 is 5.97 Å². The van der Waals surface area contributed by atoms with Crippen molar-refractivity contribution in [3.63, 3.8) is 0 Å². The molecule has 0 radical (unpaired) electrons. The lowest BCUT2D eigenvalue weighted by Crippen LogP contribution is -2.14. The lowest BCUT2D eigenvalue weighted by Gasteiger charge is -2.10. The maximum Gasteiger partial charge on any atom is 0.335 e. The van der Waals surface area contributed by atoms with Crippen molar-refractivity contribution in [1.29, 1.82) is 0 Å². The van der Waals surface area contributed by atoms with E-state index < -0.39 is 5.97 Å². The number of hydrogen-bond donors (Lipinski definition) is 2. The highest BCUT2D eigenvalue weighted by Gasteiger charge is 2.13. The van der Waals surface area contributed by atoms with E-state index in [0.717, 1.165) is 10.0 Å². The fraction of sp³-hybridized carbons (Fsp3) is 0.0667. The molecular formula is C15H11Br2NO3. The van der Waals surface area contributed by atoms with Crippen LogP contribution in [0.5, 0.6) is 0 Å². The average Bonchev–Trinajstić information content (AvgIpc) is 2.43. The van der Waals surface area contributed by atoms with Crippen molar-refractivity contribution in [3.05, 3.63) is 62.0 Å². The Hall–Kier alpha value is -1.66. The standard InChI is InChI=1S/C15H11Br2NO3/c1-8-2-3-9(15(20)21)6-13(8)18-14(19)11-7-10(16)4-5-12(11)17/h2-7H,1H3,(H,18,19)(H,20,21). The molecule has 0 fully saturated rings. The maximum absolute atomic E-state index is 12.3.